The summed E-state index contributed by atoms with van der Waals surface area (Å²) >= 11 is 0. The van der Waals surface area contributed by atoms with Gasteiger partial charge in [-0.1, -0.05) is 12.1 Å². The van der Waals surface area contributed by atoms with Gasteiger partial charge < -0.3 is 9.52 Å². The number of aromatic nitrogens is 4. The molecule has 102 valence electrons. The standard InChI is InChI=1S/C15H10N4O2/c20-11-3-1-2-10(8-11)13-14(12-4-5-16-9-17-12)19-6-7-21-15(19)18-13/h1-9,20H. The third-order valence-corrected chi connectivity index (χ3v) is 3.21. The summed E-state index contributed by atoms with van der Waals surface area (Å²) in [5, 5.41) is 9.68. The van der Waals surface area contributed by atoms with Gasteiger partial charge in [-0.3, -0.25) is 4.40 Å². The molecule has 1 N–H and O–H groups in total. The maximum Gasteiger partial charge on any atom is 0.306 e. The molecule has 3 aromatic heterocycles. The number of fused-ring (bicyclic) bond motifs is 1. The molecule has 0 fully saturated rings. The highest BCUT2D eigenvalue weighted by Gasteiger charge is 2.18. The summed E-state index contributed by atoms with van der Waals surface area (Å²) < 4.78 is 7.18. The van der Waals surface area contributed by atoms with Crippen molar-refractivity contribution in [2.75, 3.05) is 0 Å². The quantitative estimate of drug-likeness (QED) is 0.610. The molecule has 1 aromatic carbocycles. The number of hydrogen-bond acceptors (Lipinski definition) is 5. The lowest BCUT2D eigenvalue weighted by Gasteiger charge is -2.03. The van der Waals surface area contributed by atoms with Crippen LogP contribution in [0.4, 0.5) is 0 Å². The van der Waals surface area contributed by atoms with Crippen LogP contribution in [0.25, 0.3) is 28.5 Å². The molecule has 4 rings (SSSR count). The average Bonchev–Trinajstić information content (AvgIpc) is 3.08. The Morgan fingerprint density at radius 2 is 2.14 bits per heavy atom. The lowest BCUT2D eigenvalue weighted by molar-refractivity contribution is 0.475. The Hall–Kier alpha value is -3.15. The van der Waals surface area contributed by atoms with E-state index in [2.05, 4.69) is 15.0 Å². The SMILES string of the molecule is Oc1cccc(-c2nc3occn3c2-c2ccncn2)c1. The third kappa shape index (κ3) is 1.85. The van der Waals surface area contributed by atoms with Crippen LogP contribution in [-0.2, 0) is 0 Å². The molecule has 3 heterocycles. The van der Waals surface area contributed by atoms with Crippen molar-refractivity contribution in [3.8, 4) is 28.4 Å². The second kappa shape index (κ2) is 4.45. The molecular weight excluding hydrogens is 268 g/mol. The van der Waals surface area contributed by atoms with E-state index in [-0.39, 0.29) is 5.75 Å². The van der Waals surface area contributed by atoms with Gasteiger partial charge >= 0.3 is 5.84 Å². The van der Waals surface area contributed by atoms with E-state index in [1.54, 1.807) is 36.9 Å². The normalized spacial score (nSPS) is 11.0. The van der Waals surface area contributed by atoms with E-state index >= 15 is 0 Å². The van der Waals surface area contributed by atoms with Crippen molar-refractivity contribution in [3.63, 3.8) is 0 Å². The number of rotatable bonds is 2. The molecule has 0 bridgehead atoms. The largest absolute Gasteiger partial charge is 0.508 e. The van der Waals surface area contributed by atoms with Crippen molar-refractivity contribution in [1.29, 1.82) is 0 Å². The molecule has 0 spiro atoms. The number of phenols is 1. The number of hydrogen-bond donors (Lipinski definition) is 1. The summed E-state index contributed by atoms with van der Waals surface area (Å²) in [5.41, 5.74) is 3.02. The van der Waals surface area contributed by atoms with E-state index in [0.29, 0.717) is 11.5 Å². The molecule has 6 nitrogen and oxygen atoms in total. The average molecular weight is 278 g/mol. The highest BCUT2D eigenvalue weighted by atomic mass is 16.3. The van der Waals surface area contributed by atoms with E-state index in [1.165, 1.54) is 6.33 Å². The minimum atomic E-state index is 0.186. The topological polar surface area (TPSA) is 76.5 Å². The molecule has 21 heavy (non-hydrogen) atoms. The summed E-state index contributed by atoms with van der Waals surface area (Å²) in [6.45, 7) is 0. The second-order valence-corrected chi connectivity index (χ2v) is 4.51. The summed E-state index contributed by atoms with van der Waals surface area (Å²) in [6, 6.07) is 8.74. The molecule has 0 saturated carbocycles. The van der Waals surface area contributed by atoms with Gasteiger partial charge in [-0.25, -0.2) is 9.97 Å². The van der Waals surface area contributed by atoms with Crippen LogP contribution in [0, 0.1) is 0 Å². The molecule has 6 heteroatoms. The van der Waals surface area contributed by atoms with Crippen molar-refractivity contribution >= 4 is 5.84 Å². The van der Waals surface area contributed by atoms with Gasteiger partial charge in [0.15, 0.2) is 0 Å². The maximum atomic E-state index is 9.68. The maximum absolute atomic E-state index is 9.68. The van der Waals surface area contributed by atoms with Gasteiger partial charge in [0.2, 0.25) is 0 Å². The Morgan fingerprint density at radius 3 is 2.95 bits per heavy atom. The number of aromatic hydroxyl groups is 1. The molecular formula is C15H10N4O2. The predicted octanol–water partition coefficient (Wildman–Crippen LogP) is 2.76. The van der Waals surface area contributed by atoms with Gasteiger partial charge in [-0.2, -0.15) is 4.98 Å². The van der Waals surface area contributed by atoms with E-state index in [0.717, 1.165) is 17.0 Å². The first-order valence-corrected chi connectivity index (χ1v) is 6.34. The van der Waals surface area contributed by atoms with E-state index in [4.69, 9.17) is 4.42 Å². The van der Waals surface area contributed by atoms with Crippen LogP contribution in [0.2, 0.25) is 0 Å². The van der Waals surface area contributed by atoms with Crippen LogP contribution >= 0.6 is 0 Å². The smallest absolute Gasteiger partial charge is 0.306 e. The van der Waals surface area contributed by atoms with Gasteiger partial charge in [0.1, 0.15) is 29.7 Å². The van der Waals surface area contributed by atoms with Gasteiger partial charge in [-0.05, 0) is 18.2 Å². The molecule has 0 saturated heterocycles. The highest BCUT2D eigenvalue weighted by molar-refractivity contribution is 5.79. The van der Waals surface area contributed by atoms with Crippen LogP contribution in [0.1, 0.15) is 0 Å². The second-order valence-electron chi connectivity index (χ2n) is 4.51. The molecule has 0 amide bonds. The van der Waals surface area contributed by atoms with E-state index in [1.807, 2.05) is 16.5 Å². The Labute approximate surface area is 119 Å². The van der Waals surface area contributed by atoms with Crippen LogP contribution in [-0.4, -0.2) is 24.5 Å². The number of benzene rings is 1. The Bertz CT molecular complexity index is 912. The zero-order valence-electron chi connectivity index (χ0n) is 10.8. The monoisotopic (exact) mass is 278 g/mol. The Kier molecular flexibility index (Phi) is 2.47. The van der Waals surface area contributed by atoms with Crippen molar-refractivity contribution < 1.29 is 9.52 Å². The molecule has 4 aromatic rings. The first kappa shape index (κ1) is 11.7. The van der Waals surface area contributed by atoms with Gasteiger partial charge in [-0.15, -0.1) is 0 Å². The number of phenolic OH excluding ortho intramolecular Hbond substituents is 1. The lowest BCUT2D eigenvalue weighted by atomic mass is 10.1. The summed E-state index contributed by atoms with van der Waals surface area (Å²) in [7, 11) is 0. The predicted molar refractivity (Wildman–Crippen MR) is 75.6 cm³/mol. The van der Waals surface area contributed by atoms with Crippen LogP contribution in [0.3, 0.4) is 0 Å². The summed E-state index contributed by atoms with van der Waals surface area (Å²) in [6.07, 6.45) is 6.51. The number of imidazole rings is 1. The zero-order valence-corrected chi connectivity index (χ0v) is 10.8. The van der Waals surface area contributed by atoms with Gasteiger partial charge in [0.05, 0.1) is 5.69 Å². The van der Waals surface area contributed by atoms with Crippen molar-refractivity contribution in [2.24, 2.45) is 0 Å². The molecule has 0 unspecified atom stereocenters. The third-order valence-electron chi connectivity index (χ3n) is 3.21. The molecule has 0 atom stereocenters. The van der Waals surface area contributed by atoms with E-state index in [9.17, 15) is 5.11 Å². The van der Waals surface area contributed by atoms with Crippen molar-refractivity contribution in [3.05, 3.63) is 55.3 Å². The summed E-state index contributed by atoms with van der Waals surface area (Å²) in [5.74, 6) is 0.660. The first-order valence-electron chi connectivity index (χ1n) is 6.34. The highest BCUT2D eigenvalue weighted by Crippen LogP contribution is 2.32. The first-order chi connectivity index (χ1) is 10.3. The van der Waals surface area contributed by atoms with Gasteiger partial charge in [0.25, 0.3) is 0 Å². The molecule has 0 aliphatic rings. The Balaban J connectivity index is 2.03. The molecule has 0 radical (unpaired) electrons. The fourth-order valence-electron chi connectivity index (χ4n) is 2.32. The zero-order chi connectivity index (χ0) is 14.2. The minimum absolute atomic E-state index is 0.186. The van der Waals surface area contributed by atoms with Crippen molar-refractivity contribution in [1.82, 2.24) is 19.4 Å². The van der Waals surface area contributed by atoms with Crippen molar-refractivity contribution in [2.45, 2.75) is 0 Å². The van der Waals surface area contributed by atoms with Crippen LogP contribution < -0.4 is 0 Å². The van der Waals surface area contributed by atoms with E-state index < -0.39 is 0 Å². The lowest BCUT2D eigenvalue weighted by Crippen LogP contribution is -1.90. The minimum Gasteiger partial charge on any atom is -0.508 e. The number of oxazole rings is 1. The fourth-order valence-corrected chi connectivity index (χ4v) is 2.32. The molecule has 0 aliphatic heterocycles. The Morgan fingerprint density at radius 1 is 1.19 bits per heavy atom. The van der Waals surface area contributed by atoms with Gasteiger partial charge in [0, 0.05) is 18.0 Å². The number of nitrogens with zero attached hydrogens (tertiary/aromatic N) is 4. The van der Waals surface area contributed by atoms with Crippen LogP contribution in [0.5, 0.6) is 5.75 Å². The fraction of sp³-hybridized carbons (Fsp3) is 0. The summed E-state index contributed by atoms with van der Waals surface area (Å²) in [4.78, 5) is 12.7. The molecule has 0 aliphatic carbocycles. The van der Waals surface area contributed by atoms with Crippen LogP contribution in [0.15, 0.2) is 59.7 Å².